The number of hydrogen-bond donors (Lipinski definition) is 1. The number of urea groups is 1. The van der Waals surface area contributed by atoms with E-state index in [1.807, 2.05) is 24.0 Å². The summed E-state index contributed by atoms with van der Waals surface area (Å²) in [6.07, 6.45) is 3.65. The molecule has 0 atom stereocenters. The van der Waals surface area contributed by atoms with Gasteiger partial charge in [0.05, 0.1) is 25.5 Å². The molecule has 6 nitrogen and oxygen atoms in total. The second kappa shape index (κ2) is 6.09. The Hall–Kier alpha value is -2.50. The van der Waals surface area contributed by atoms with Crippen molar-refractivity contribution in [2.24, 2.45) is 0 Å². The maximum absolute atomic E-state index is 12.5. The summed E-state index contributed by atoms with van der Waals surface area (Å²) in [4.78, 5) is 18.4. The number of carbonyl (C=O) groups is 1. The van der Waals surface area contributed by atoms with Gasteiger partial charge in [0.1, 0.15) is 11.5 Å². The Kier molecular flexibility index (Phi) is 4.00. The summed E-state index contributed by atoms with van der Waals surface area (Å²) < 4.78 is 10.6. The molecule has 22 heavy (non-hydrogen) atoms. The lowest BCUT2D eigenvalue weighted by Crippen LogP contribution is -2.36. The molecule has 2 amide bonds. The number of furan rings is 1. The van der Waals surface area contributed by atoms with Crippen LogP contribution < -0.4 is 10.1 Å². The van der Waals surface area contributed by atoms with E-state index in [0.29, 0.717) is 18.1 Å². The van der Waals surface area contributed by atoms with E-state index in [9.17, 15) is 4.79 Å². The normalized spacial score (nSPS) is 13.7. The topological polar surface area (TPSA) is 67.6 Å². The number of pyridine rings is 1. The standard InChI is InChI=1S/C16H19N3O3/c1-11-3-7-14(22-11)10-19(13-5-6-13)16(20)18-12-4-8-15(21-2)17-9-12/h3-4,7-9,13H,5-6,10H2,1-2H3,(H,18,20). The summed E-state index contributed by atoms with van der Waals surface area (Å²) >= 11 is 0. The first-order chi connectivity index (χ1) is 10.7. The molecule has 0 unspecified atom stereocenters. The number of anilines is 1. The van der Waals surface area contributed by atoms with Crippen LogP contribution in [0.1, 0.15) is 24.4 Å². The number of methoxy groups -OCH3 is 1. The molecule has 1 saturated carbocycles. The highest BCUT2D eigenvalue weighted by Gasteiger charge is 2.33. The van der Waals surface area contributed by atoms with E-state index in [1.54, 1.807) is 25.4 Å². The van der Waals surface area contributed by atoms with Gasteiger partial charge in [0.2, 0.25) is 5.88 Å². The fourth-order valence-corrected chi connectivity index (χ4v) is 2.26. The predicted octanol–water partition coefficient (Wildman–Crippen LogP) is 3.19. The van der Waals surface area contributed by atoms with E-state index < -0.39 is 0 Å². The monoisotopic (exact) mass is 301 g/mol. The Labute approximate surface area is 129 Å². The molecule has 1 aliphatic rings. The lowest BCUT2D eigenvalue weighted by molar-refractivity contribution is 0.200. The van der Waals surface area contributed by atoms with Gasteiger partial charge in [0.15, 0.2) is 0 Å². The fraction of sp³-hybridized carbons (Fsp3) is 0.375. The number of rotatable bonds is 5. The third kappa shape index (κ3) is 3.39. The van der Waals surface area contributed by atoms with Crippen LogP contribution in [0.4, 0.5) is 10.5 Å². The van der Waals surface area contributed by atoms with Gasteiger partial charge in [-0.1, -0.05) is 0 Å². The van der Waals surface area contributed by atoms with Gasteiger partial charge in [-0.15, -0.1) is 0 Å². The van der Waals surface area contributed by atoms with Crippen LogP contribution >= 0.6 is 0 Å². The van der Waals surface area contributed by atoms with Gasteiger partial charge in [-0.25, -0.2) is 9.78 Å². The highest BCUT2D eigenvalue weighted by Crippen LogP contribution is 2.29. The Balaban J connectivity index is 1.66. The highest BCUT2D eigenvalue weighted by molar-refractivity contribution is 5.89. The van der Waals surface area contributed by atoms with E-state index in [1.165, 1.54) is 0 Å². The average Bonchev–Trinajstić information content (AvgIpc) is 3.28. The lowest BCUT2D eigenvalue weighted by Gasteiger charge is -2.21. The van der Waals surface area contributed by atoms with Crippen molar-refractivity contribution in [3.63, 3.8) is 0 Å². The number of amides is 2. The van der Waals surface area contributed by atoms with Crippen molar-refractivity contribution in [2.45, 2.75) is 32.4 Å². The SMILES string of the molecule is COc1ccc(NC(=O)N(Cc2ccc(C)o2)C2CC2)cn1. The van der Waals surface area contributed by atoms with Gasteiger partial charge in [-0.2, -0.15) is 0 Å². The Morgan fingerprint density at radius 1 is 1.41 bits per heavy atom. The minimum absolute atomic E-state index is 0.136. The maximum Gasteiger partial charge on any atom is 0.322 e. The Bertz CT molecular complexity index is 647. The molecule has 1 aliphatic carbocycles. The first-order valence-corrected chi connectivity index (χ1v) is 7.28. The summed E-state index contributed by atoms with van der Waals surface area (Å²) in [6.45, 7) is 2.38. The van der Waals surface area contributed by atoms with Gasteiger partial charge in [0.25, 0.3) is 0 Å². The molecule has 1 N–H and O–H groups in total. The predicted molar refractivity (Wildman–Crippen MR) is 81.8 cm³/mol. The molecule has 2 heterocycles. The summed E-state index contributed by atoms with van der Waals surface area (Å²) in [7, 11) is 1.56. The van der Waals surface area contributed by atoms with Crippen molar-refractivity contribution in [1.29, 1.82) is 0 Å². The zero-order valence-electron chi connectivity index (χ0n) is 12.7. The number of carbonyl (C=O) groups excluding carboxylic acids is 1. The van der Waals surface area contributed by atoms with Gasteiger partial charge >= 0.3 is 6.03 Å². The van der Waals surface area contributed by atoms with Crippen LogP contribution in [0.2, 0.25) is 0 Å². The molecule has 0 spiro atoms. The van der Waals surface area contributed by atoms with Crippen LogP contribution in [-0.2, 0) is 6.54 Å². The number of aryl methyl sites for hydroxylation is 1. The summed E-state index contributed by atoms with van der Waals surface area (Å²) in [6, 6.07) is 7.46. The fourth-order valence-electron chi connectivity index (χ4n) is 2.26. The van der Waals surface area contributed by atoms with Crippen LogP contribution in [0.15, 0.2) is 34.9 Å². The molecule has 1 fully saturated rings. The second-order valence-electron chi connectivity index (χ2n) is 5.39. The molecular formula is C16H19N3O3. The molecule has 0 radical (unpaired) electrons. The molecule has 3 rings (SSSR count). The Morgan fingerprint density at radius 3 is 2.77 bits per heavy atom. The molecule has 0 aromatic carbocycles. The number of nitrogens with zero attached hydrogens (tertiary/aromatic N) is 2. The van der Waals surface area contributed by atoms with E-state index >= 15 is 0 Å². The molecule has 2 aromatic heterocycles. The van der Waals surface area contributed by atoms with Crippen molar-refractivity contribution in [2.75, 3.05) is 12.4 Å². The van der Waals surface area contributed by atoms with Gasteiger partial charge in [-0.05, 0) is 38.0 Å². The van der Waals surface area contributed by atoms with E-state index in [0.717, 1.165) is 24.4 Å². The summed E-state index contributed by atoms with van der Waals surface area (Å²) in [5.41, 5.74) is 0.645. The second-order valence-corrected chi connectivity index (χ2v) is 5.39. The smallest absolute Gasteiger partial charge is 0.322 e. The first kappa shape index (κ1) is 14.4. The summed E-state index contributed by atoms with van der Waals surface area (Å²) in [5, 5.41) is 2.87. The minimum Gasteiger partial charge on any atom is -0.481 e. The molecule has 2 aromatic rings. The third-order valence-electron chi connectivity index (χ3n) is 3.57. The number of hydrogen-bond acceptors (Lipinski definition) is 4. The van der Waals surface area contributed by atoms with Crippen molar-refractivity contribution in [1.82, 2.24) is 9.88 Å². The number of ether oxygens (including phenoxy) is 1. The molecule has 0 aliphatic heterocycles. The van der Waals surface area contributed by atoms with Crippen molar-refractivity contribution in [3.05, 3.63) is 42.0 Å². The minimum atomic E-state index is -0.136. The van der Waals surface area contributed by atoms with Crippen molar-refractivity contribution < 1.29 is 13.9 Å². The average molecular weight is 301 g/mol. The van der Waals surface area contributed by atoms with Crippen LogP contribution in [0.5, 0.6) is 5.88 Å². The quantitative estimate of drug-likeness (QED) is 0.921. The van der Waals surface area contributed by atoms with Crippen LogP contribution in [0.25, 0.3) is 0 Å². The van der Waals surface area contributed by atoms with Crippen LogP contribution in [0.3, 0.4) is 0 Å². The van der Waals surface area contributed by atoms with Crippen LogP contribution in [-0.4, -0.2) is 29.1 Å². The molecule has 116 valence electrons. The maximum atomic E-state index is 12.5. The largest absolute Gasteiger partial charge is 0.481 e. The van der Waals surface area contributed by atoms with Gasteiger partial charge < -0.3 is 19.4 Å². The van der Waals surface area contributed by atoms with E-state index in [2.05, 4.69) is 10.3 Å². The lowest BCUT2D eigenvalue weighted by atomic mass is 10.3. The van der Waals surface area contributed by atoms with Crippen molar-refractivity contribution in [3.8, 4) is 5.88 Å². The molecule has 0 saturated heterocycles. The van der Waals surface area contributed by atoms with Crippen LogP contribution in [0, 0.1) is 6.92 Å². The highest BCUT2D eigenvalue weighted by atomic mass is 16.5. The van der Waals surface area contributed by atoms with E-state index in [4.69, 9.17) is 9.15 Å². The zero-order valence-corrected chi connectivity index (χ0v) is 12.7. The zero-order chi connectivity index (χ0) is 15.5. The summed E-state index contributed by atoms with van der Waals surface area (Å²) in [5.74, 6) is 2.17. The first-order valence-electron chi connectivity index (χ1n) is 7.28. The third-order valence-corrected chi connectivity index (χ3v) is 3.57. The molecular weight excluding hydrogens is 282 g/mol. The number of nitrogens with one attached hydrogen (secondary N) is 1. The number of aromatic nitrogens is 1. The molecule has 0 bridgehead atoms. The van der Waals surface area contributed by atoms with Crippen molar-refractivity contribution >= 4 is 11.7 Å². The van der Waals surface area contributed by atoms with Gasteiger partial charge in [-0.3, -0.25) is 0 Å². The molecule has 6 heteroatoms. The Morgan fingerprint density at radius 2 is 2.23 bits per heavy atom. The van der Waals surface area contributed by atoms with Gasteiger partial charge in [0, 0.05) is 12.1 Å². The van der Waals surface area contributed by atoms with E-state index in [-0.39, 0.29) is 12.1 Å².